The number of rotatable bonds is 2. The van der Waals surface area contributed by atoms with Gasteiger partial charge in [-0.05, 0) is 49.2 Å². The van der Waals surface area contributed by atoms with Gasteiger partial charge in [-0.2, -0.15) is 0 Å². The van der Waals surface area contributed by atoms with E-state index in [1.807, 2.05) is 13.0 Å². The van der Waals surface area contributed by atoms with Crippen LogP contribution in [-0.2, 0) is 0 Å². The maximum atomic E-state index is 13.4. The zero-order chi connectivity index (χ0) is 15.0. The number of pyridine rings is 1. The minimum atomic E-state index is -0.259. The second-order valence-corrected chi connectivity index (χ2v) is 5.18. The van der Waals surface area contributed by atoms with Gasteiger partial charge in [-0.3, -0.25) is 14.8 Å². The van der Waals surface area contributed by atoms with E-state index in [4.69, 9.17) is 0 Å². The van der Waals surface area contributed by atoms with E-state index in [-0.39, 0.29) is 11.8 Å². The summed E-state index contributed by atoms with van der Waals surface area (Å²) < 4.78 is 13.4. The number of amides is 2. The van der Waals surface area contributed by atoms with Crippen molar-refractivity contribution in [2.24, 2.45) is 0 Å². The Bertz CT molecular complexity index is 702. The Morgan fingerprint density at radius 3 is 2.57 bits per heavy atom. The molecule has 108 valence electrons. The number of benzene rings is 1. The number of urea groups is 1. The summed E-state index contributed by atoms with van der Waals surface area (Å²) in [6.45, 7) is 4.83. The van der Waals surface area contributed by atoms with Crippen molar-refractivity contribution in [3.05, 3.63) is 53.6 Å². The SMILES string of the molecule is Cc1cc(N2CCN(c3cnccc3C)C2=O)ccc1F. The van der Waals surface area contributed by atoms with Crippen molar-refractivity contribution >= 4 is 17.4 Å². The number of halogens is 1. The molecule has 0 saturated carbocycles. The minimum Gasteiger partial charge on any atom is -0.292 e. The van der Waals surface area contributed by atoms with E-state index in [1.165, 1.54) is 6.07 Å². The van der Waals surface area contributed by atoms with Crippen LogP contribution in [0.4, 0.5) is 20.6 Å². The Hall–Kier alpha value is -2.43. The number of hydrogen-bond donors (Lipinski definition) is 0. The van der Waals surface area contributed by atoms with Crippen molar-refractivity contribution in [3.63, 3.8) is 0 Å². The molecule has 2 aromatic rings. The number of aryl methyl sites for hydroxylation is 2. The summed E-state index contributed by atoms with van der Waals surface area (Å²) in [5.41, 5.74) is 3.10. The first kappa shape index (κ1) is 13.5. The van der Waals surface area contributed by atoms with Crippen molar-refractivity contribution in [2.75, 3.05) is 22.9 Å². The van der Waals surface area contributed by atoms with Gasteiger partial charge in [0.1, 0.15) is 5.82 Å². The highest BCUT2D eigenvalue weighted by Gasteiger charge is 2.31. The summed E-state index contributed by atoms with van der Waals surface area (Å²) in [4.78, 5) is 20.0. The minimum absolute atomic E-state index is 0.0999. The zero-order valence-corrected chi connectivity index (χ0v) is 12.0. The summed E-state index contributed by atoms with van der Waals surface area (Å²) in [6.07, 6.45) is 3.41. The molecule has 0 bridgehead atoms. The molecule has 1 saturated heterocycles. The lowest BCUT2D eigenvalue weighted by Gasteiger charge is -2.20. The second-order valence-electron chi connectivity index (χ2n) is 5.18. The van der Waals surface area contributed by atoms with Crippen LogP contribution in [-0.4, -0.2) is 24.1 Å². The van der Waals surface area contributed by atoms with Crippen molar-refractivity contribution in [3.8, 4) is 0 Å². The Morgan fingerprint density at radius 2 is 1.86 bits per heavy atom. The number of nitrogens with zero attached hydrogens (tertiary/aromatic N) is 3. The molecular weight excluding hydrogens is 269 g/mol. The average Bonchev–Trinajstić information content (AvgIpc) is 2.84. The summed E-state index contributed by atoms with van der Waals surface area (Å²) in [7, 11) is 0. The molecule has 21 heavy (non-hydrogen) atoms. The van der Waals surface area contributed by atoms with Gasteiger partial charge in [0.25, 0.3) is 0 Å². The molecule has 0 unspecified atom stereocenters. The average molecular weight is 285 g/mol. The van der Waals surface area contributed by atoms with Crippen LogP contribution in [0.15, 0.2) is 36.7 Å². The predicted molar refractivity (Wildman–Crippen MR) is 80.2 cm³/mol. The van der Waals surface area contributed by atoms with Gasteiger partial charge in [0.15, 0.2) is 0 Å². The van der Waals surface area contributed by atoms with Gasteiger partial charge in [-0.15, -0.1) is 0 Å². The van der Waals surface area contributed by atoms with E-state index >= 15 is 0 Å². The smallest absolute Gasteiger partial charge is 0.292 e. The predicted octanol–water partition coefficient (Wildman–Crippen LogP) is 3.28. The highest BCUT2D eigenvalue weighted by atomic mass is 19.1. The van der Waals surface area contributed by atoms with Gasteiger partial charge < -0.3 is 0 Å². The molecule has 1 aromatic heterocycles. The number of aromatic nitrogens is 1. The van der Waals surface area contributed by atoms with Gasteiger partial charge in [-0.1, -0.05) is 0 Å². The van der Waals surface area contributed by atoms with Crippen molar-refractivity contribution in [1.82, 2.24) is 4.98 Å². The molecule has 2 amide bonds. The van der Waals surface area contributed by atoms with E-state index < -0.39 is 0 Å². The number of anilines is 2. The van der Waals surface area contributed by atoms with Crippen LogP contribution in [0.5, 0.6) is 0 Å². The summed E-state index contributed by atoms with van der Waals surface area (Å²) >= 11 is 0. The third-order valence-electron chi connectivity index (χ3n) is 3.76. The largest absolute Gasteiger partial charge is 0.329 e. The van der Waals surface area contributed by atoms with Crippen LogP contribution in [0.2, 0.25) is 0 Å². The Balaban J connectivity index is 1.90. The van der Waals surface area contributed by atoms with Crippen molar-refractivity contribution in [2.45, 2.75) is 13.8 Å². The lowest BCUT2D eigenvalue weighted by atomic mass is 10.2. The monoisotopic (exact) mass is 285 g/mol. The number of carbonyl (C=O) groups is 1. The second kappa shape index (κ2) is 5.16. The van der Waals surface area contributed by atoms with Crippen LogP contribution in [0.3, 0.4) is 0 Å². The maximum Gasteiger partial charge on any atom is 0.329 e. The molecule has 2 heterocycles. The normalized spacial score (nSPS) is 14.9. The molecule has 1 aromatic carbocycles. The Kier molecular flexibility index (Phi) is 3.33. The molecule has 1 aliphatic heterocycles. The van der Waals surface area contributed by atoms with Crippen molar-refractivity contribution in [1.29, 1.82) is 0 Å². The van der Waals surface area contributed by atoms with Gasteiger partial charge in [0, 0.05) is 25.0 Å². The van der Waals surface area contributed by atoms with Gasteiger partial charge in [-0.25, -0.2) is 9.18 Å². The fraction of sp³-hybridized carbons (Fsp3) is 0.250. The van der Waals surface area contributed by atoms with Crippen molar-refractivity contribution < 1.29 is 9.18 Å². The summed E-state index contributed by atoms with van der Waals surface area (Å²) in [5, 5.41) is 0. The molecule has 3 rings (SSSR count). The molecular formula is C16H16FN3O. The van der Waals surface area contributed by atoms with E-state index in [1.54, 1.807) is 41.2 Å². The first-order chi connectivity index (χ1) is 10.1. The van der Waals surface area contributed by atoms with Gasteiger partial charge in [0.2, 0.25) is 0 Å². The van der Waals surface area contributed by atoms with Crippen LogP contribution >= 0.6 is 0 Å². The quantitative estimate of drug-likeness (QED) is 0.849. The molecule has 1 aliphatic rings. The highest BCUT2D eigenvalue weighted by Crippen LogP contribution is 2.27. The first-order valence-electron chi connectivity index (χ1n) is 6.84. The van der Waals surface area contributed by atoms with Crippen LogP contribution in [0.25, 0.3) is 0 Å². The van der Waals surface area contributed by atoms with Gasteiger partial charge in [0.05, 0.1) is 11.9 Å². The number of carbonyl (C=O) groups excluding carboxylic acids is 1. The summed E-state index contributed by atoms with van der Waals surface area (Å²) in [6, 6.07) is 6.52. The molecule has 1 fully saturated rings. The molecule has 0 N–H and O–H groups in total. The third kappa shape index (κ3) is 2.35. The van der Waals surface area contributed by atoms with E-state index in [9.17, 15) is 9.18 Å². The zero-order valence-electron chi connectivity index (χ0n) is 12.0. The van der Waals surface area contributed by atoms with Crippen LogP contribution in [0, 0.1) is 19.7 Å². The van der Waals surface area contributed by atoms with Gasteiger partial charge >= 0.3 is 6.03 Å². The van der Waals surface area contributed by atoms with E-state index in [2.05, 4.69) is 4.98 Å². The lowest BCUT2D eigenvalue weighted by Crippen LogP contribution is -2.32. The molecule has 5 heteroatoms. The standard InChI is InChI=1S/C16H16FN3O/c1-11-5-6-18-10-15(11)20-8-7-19(16(20)21)13-3-4-14(17)12(2)9-13/h3-6,9-10H,7-8H2,1-2H3. The third-order valence-corrected chi connectivity index (χ3v) is 3.76. The highest BCUT2D eigenvalue weighted by molar-refractivity contribution is 6.06. The maximum absolute atomic E-state index is 13.4. The summed E-state index contributed by atoms with van der Waals surface area (Å²) in [5.74, 6) is -0.259. The lowest BCUT2D eigenvalue weighted by molar-refractivity contribution is 0.256. The molecule has 0 spiro atoms. The van der Waals surface area contributed by atoms with E-state index in [0.29, 0.717) is 18.7 Å². The number of hydrogen-bond acceptors (Lipinski definition) is 2. The molecule has 0 radical (unpaired) electrons. The Labute approximate surface area is 122 Å². The molecule has 4 nitrogen and oxygen atoms in total. The fourth-order valence-electron chi connectivity index (χ4n) is 2.54. The van der Waals surface area contributed by atoms with E-state index in [0.717, 1.165) is 16.9 Å². The Morgan fingerprint density at radius 1 is 1.10 bits per heavy atom. The fourth-order valence-corrected chi connectivity index (χ4v) is 2.54. The van der Waals surface area contributed by atoms with Crippen LogP contribution < -0.4 is 9.80 Å². The molecule has 0 atom stereocenters. The molecule has 0 aliphatic carbocycles. The topological polar surface area (TPSA) is 36.4 Å². The van der Waals surface area contributed by atoms with Crippen LogP contribution in [0.1, 0.15) is 11.1 Å². The first-order valence-corrected chi connectivity index (χ1v) is 6.84.